The van der Waals surface area contributed by atoms with Gasteiger partial charge >= 0.3 is 6.03 Å². The van der Waals surface area contributed by atoms with Crippen LogP contribution in [0.5, 0.6) is 5.75 Å². The predicted octanol–water partition coefficient (Wildman–Crippen LogP) is 0.284. The molecule has 0 radical (unpaired) electrons. The lowest BCUT2D eigenvalue weighted by atomic mass is 10.0. The van der Waals surface area contributed by atoms with Crippen LogP contribution in [0, 0.1) is 6.92 Å². The van der Waals surface area contributed by atoms with E-state index in [1.54, 1.807) is 31.2 Å². The third kappa shape index (κ3) is 4.97. The van der Waals surface area contributed by atoms with Crippen molar-refractivity contribution in [3.05, 3.63) is 63.1 Å². The highest BCUT2D eigenvalue weighted by Gasteiger charge is 2.32. The van der Waals surface area contributed by atoms with Gasteiger partial charge < -0.3 is 19.9 Å². The molecule has 2 aromatic rings. The first-order valence-electron chi connectivity index (χ1n) is 9.50. The molecule has 0 saturated carbocycles. The number of aryl methyl sites for hydroxylation is 1. The lowest BCUT2D eigenvalue weighted by Crippen LogP contribution is -2.51. The average Bonchev–Trinajstić information content (AvgIpc) is 3.05. The number of urea groups is 1. The molecule has 0 saturated heterocycles. The topological polar surface area (TPSA) is 138 Å². The van der Waals surface area contributed by atoms with Gasteiger partial charge in [-0.3, -0.25) is 24.5 Å². The molecule has 0 unspecified atom stereocenters. The molecule has 10 nitrogen and oxygen atoms in total. The van der Waals surface area contributed by atoms with Gasteiger partial charge in [0.2, 0.25) is 6.41 Å². The van der Waals surface area contributed by atoms with Gasteiger partial charge in [0.25, 0.3) is 11.5 Å². The molecule has 1 aromatic carbocycles. The Labute approximate surface area is 177 Å². The van der Waals surface area contributed by atoms with E-state index >= 15 is 0 Å². The molecule has 0 aliphatic carbocycles. The van der Waals surface area contributed by atoms with E-state index in [4.69, 9.17) is 4.74 Å². The van der Waals surface area contributed by atoms with Crippen LogP contribution in [0.4, 0.5) is 4.79 Å². The zero-order chi connectivity index (χ0) is 22.5. The number of nitrogens with one attached hydrogen (secondary N) is 3. The van der Waals surface area contributed by atoms with Crippen molar-refractivity contribution < 1.29 is 23.9 Å². The third-order valence-electron chi connectivity index (χ3n) is 5.01. The van der Waals surface area contributed by atoms with Gasteiger partial charge in [-0.25, -0.2) is 4.79 Å². The maximum absolute atomic E-state index is 12.9. The summed E-state index contributed by atoms with van der Waals surface area (Å²) in [6.45, 7) is 1.81. The molecule has 31 heavy (non-hydrogen) atoms. The van der Waals surface area contributed by atoms with E-state index in [1.165, 1.54) is 18.2 Å². The van der Waals surface area contributed by atoms with Crippen molar-refractivity contribution >= 4 is 24.1 Å². The zero-order valence-corrected chi connectivity index (χ0v) is 17.1. The fraction of sp³-hybridized carbons (Fsp3) is 0.286. The summed E-state index contributed by atoms with van der Waals surface area (Å²) in [5.41, 5.74) is 2.01. The molecule has 1 aliphatic rings. The second kappa shape index (κ2) is 9.24. The van der Waals surface area contributed by atoms with Crippen LogP contribution in [0.25, 0.3) is 0 Å². The second-order valence-electron chi connectivity index (χ2n) is 7.16. The highest BCUT2D eigenvalue weighted by Crippen LogP contribution is 2.26. The Morgan fingerprint density at radius 1 is 1.29 bits per heavy atom. The van der Waals surface area contributed by atoms with Crippen LogP contribution in [-0.2, 0) is 22.6 Å². The number of rotatable bonds is 8. The molecular formula is C21H22N4O6. The number of H-pyrrole nitrogens is 1. The molecule has 0 bridgehead atoms. The minimum Gasteiger partial charge on any atom is -0.497 e. The Hall–Kier alpha value is -3.95. The first kappa shape index (κ1) is 21.8. The molecule has 4 amide bonds. The molecule has 1 atom stereocenters. The first-order valence-corrected chi connectivity index (χ1v) is 9.50. The number of ketones is 1. The number of fused-ring (bicyclic) bond motifs is 1. The molecule has 3 rings (SSSR count). The molecule has 162 valence electrons. The maximum Gasteiger partial charge on any atom is 0.321 e. The van der Waals surface area contributed by atoms with Crippen molar-refractivity contribution in [1.29, 1.82) is 0 Å². The number of carbonyl (C=O) groups excluding carboxylic acids is 4. The van der Waals surface area contributed by atoms with Crippen molar-refractivity contribution in [3.8, 4) is 5.75 Å². The van der Waals surface area contributed by atoms with Gasteiger partial charge in [-0.15, -0.1) is 0 Å². The van der Waals surface area contributed by atoms with Gasteiger partial charge in [-0.2, -0.15) is 0 Å². The fourth-order valence-corrected chi connectivity index (χ4v) is 3.40. The second-order valence-corrected chi connectivity index (χ2v) is 7.16. The van der Waals surface area contributed by atoms with Crippen molar-refractivity contribution in [2.24, 2.45) is 0 Å². The van der Waals surface area contributed by atoms with Gasteiger partial charge in [0, 0.05) is 36.8 Å². The quantitative estimate of drug-likeness (QED) is 0.519. The smallest absolute Gasteiger partial charge is 0.321 e. The van der Waals surface area contributed by atoms with E-state index in [2.05, 4.69) is 10.3 Å². The van der Waals surface area contributed by atoms with Crippen molar-refractivity contribution in [2.75, 3.05) is 13.7 Å². The lowest BCUT2D eigenvalue weighted by Gasteiger charge is -2.23. The van der Waals surface area contributed by atoms with Crippen LogP contribution in [-0.4, -0.2) is 53.7 Å². The highest BCUT2D eigenvalue weighted by molar-refractivity contribution is 5.99. The molecule has 0 spiro atoms. The minimum absolute atomic E-state index is 0.0769. The Morgan fingerprint density at radius 3 is 2.74 bits per heavy atom. The van der Waals surface area contributed by atoms with Gasteiger partial charge in [-0.05, 0) is 36.2 Å². The highest BCUT2D eigenvalue weighted by atomic mass is 16.5. The summed E-state index contributed by atoms with van der Waals surface area (Å²) in [5.74, 6) is -0.128. The van der Waals surface area contributed by atoms with Gasteiger partial charge in [0.05, 0.1) is 7.11 Å². The van der Waals surface area contributed by atoms with Crippen LogP contribution in [0.3, 0.4) is 0 Å². The molecule has 10 heteroatoms. The number of pyridine rings is 1. The van der Waals surface area contributed by atoms with E-state index in [9.17, 15) is 24.0 Å². The SMILES string of the molecule is COc1ccc2c(c1)C(=O)N(C[C@H](NC(=O)NC=O)C(=O)Cc1c[nH]c(=O)c(C)c1)C2. The first-order chi connectivity index (χ1) is 14.8. The standard InChI is InChI=1S/C21H22N4O6/c1-12-5-13(8-22-19(12)28)6-18(27)17(24-21(30)23-11-26)10-25-9-14-3-4-15(31-2)7-16(14)20(25)29/h3-5,7-8,11,17H,6,9-10H2,1-2H3,(H,22,28)(H2,23,24,26,30)/t17-/m0/s1. The number of Topliss-reactive ketones (excluding diaryl/α,β-unsaturated/α-hetero) is 1. The van der Waals surface area contributed by atoms with Crippen LogP contribution in [0.2, 0.25) is 0 Å². The molecule has 0 fully saturated rings. The Kier molecular flexibility index (Phi) is 6.49. The van der Waals surface area contributed by atoms with Gasteiger partial charge in [0.15, 0.2) is 5.78 Å². The molecule has 3 N–H and O–H groups in total. The van der Waals surface area contributed by atoms with E-state index in [1.807, 2.05) is 5.32 Å². The van der Waals surface area contributed by atoms with E-state index in [-0.39, 0.29) is 43.2 Å². The maximum atomic E-state index is 12.9. The number of carbonyl (C=O) groups is 4. The third-order valence-corrected chi connectivity index (χ3v) is 5.01. The van der Waals surface area contributed by atoms with Gasteiger partial charge in [-0.1, -0.05) is 6.07 Å². The van der Waals surface area contributed by atoms with E-state index in [0.717, 1.165) is 5.56 Å². The molecule has 1 aromatic heterocycles. The van der Waals surface area contributed by atoms with E-state index < -0.39 is 12.1 Å². The number of nitrogens with zero attached hydrogens (tertiary/aromatic N) is 1. The predicted molar refractivity (Wildman–Crippen MR) is 110 cm³/mol. The number of amides is 4. The monoisotopic (exact) mass is 426 g/mol. The van der Waals surface area contributed by atoms with Crippen molar-refractivity contribution in [2.45, 2.75) is 25.9 Å². The Balaban J connectivity index is 1.78. The van der Waals surface area contributed by atoms with E-state index in [0.29, 0.717) is 22.4 Å². The average molecular weight is 426 g/mol. The van der Waals surface area contributed by atoms with Crippen LogP contribution < -0.4 is 20.9 Å². The van der Waals surface area contributed by atoms with Crippen LogP contribution in [0.1, 0.15) is 27.0 Å². The summed E-state index contributed by atoms with van der Waals surface area (Å²) in [5, 5.41) is 4.37. The number of aromatic nitrogens is 1. The number of hydrogen-bond acceptors (Lipinski definition) is 6. The number of ether oxygens (including phenoxy) is 1. The Bertz CT molecular complexity index is 1090. The zero-order valence-electron chi connectivity index (χ0n) is 17.1. The normalized spacial score (nSPS) is 13.4. The fourth-order valence-electron chi connectivity index (χ4n) is 3.40. The summed E-state index contributed by atoms with van der Waals surface area (Å²) in [7, 11) is 1.50. The Morgan fingerprint density at radius 2 is 2.06 bits per heavy atom. The van der Waals surface area contributed by atoms with Crippen molar-refractivity contribution in [3.63, 3.8) is 0 Å². The summed E-state index contributed by atoms with van der Waals surface area (Å²) >= 11 is 0. The molecular weight excluding hydrogens is 404 g/mol. The van der Waals surface area contributed by atoms with Crippen LogP contribution >= 0.6 is 0 Å². The number of methoxy groups -OCH3 is 1. The number of imide groups is 1. The lowest BCUT2D eigenvalue weighted by molar-refractivity contribution is -0.120. The van der Waals surface area contributed by atoms with Crippen molar-refractivity contribution in [1.82, 2.24) is 20.5 Å². The largest absolute Gasteiger partial charge is 0.497 e. The number of hydrogen-bond donors (Lipinski definition) is 3. The van der Waals surface area contributed by atoms with Gasteiger partial charge in [0.1, 0.15) is 11.8 Å². The summed E-state index contributed by atoms with van der Waals surface area (Å²) in [6.07, 6.45) is 1.55. The molecule has 2 heterocycles. The number of benzene rings is 1. The van der Waals surface area contributed by atoms with Crippen LogP contribution in [0.15, 0.2) is 35.3 Å². The minimum atomic E-state index is -1.06. The summed E-state index contributed by atoms with van der Waals surface area (Å²) < 4.78 is 5.16. The number of aromatic amines is 1. The summed E-state index contributed by atoms with van der Waals surface area (Å²) in [4.78, 5) is 63.7. The summed E-state index contributed by atoms with van der Waals surface area (Å²) in [6, 6.07) is 4.82. The molecule has 1 aliphatic heterocycles.